The highest BCUT2D eigenvalue weighted by Crippen LogP contribution is 2.58. The summed E-state index contributed by atoms with van der Waals surface area (Å²) in [4.78, 5) is 2.50. The van der Waals surface area contributed by atoms with Crippen molar-refractivity contribution in [3.8, 4) is 11.1 Å². The summed E-state index contributed by atoms with van der Waals surface area (Å²) in [5, 5.41) is 7.29. The van der Waals surface area contributed by atoms with Crippen LogP contribution in [-0.2, 0) is 5.41 Å². The molecule has 1 aromatic heterocycles. The van der Waals surface area contributed by atoms with E-state index in [0.29, 0.717) is 0 Å². The molecule has 0 amide bonds. The van der Waals surface area contributed by atoms with Gasteiger partial charge in [-0.15, -0.1) is 0 Å². The van der Waals surface area contributed by atoms with Crippen LogP contribution >= 0.6 is 0 Å². The van der Waals surface area contributed by atoms with Crippen LogP contribution in [0.5, 0.6) is 0 Å². The van der Waals surface area contributed by atoms with Crippen molar-refractivity contribution in [1.29, 1.82) is 0 Å². The second-order valence-electron chi connectivity index (χ2n) is 12.7. The predicted octanol–water partition coefficient (Wildman–Crippen LogP) is 12.8. The molecule has 8 aromatic rings. The number of rotatable bonds is 6. The van der Waals surface area contributed by atoms with E-state index in [-0.39, 0.29) is 5.41 Å². The molecule has 0 N–H and O–H groups in total. The lowest BCUT2D eigenvalue weighted by molar-refractivity contribution is 0.461. The van der Waals surface area contributed by atoms with Gasteiger partial charge in [0.2, 0.25) is 0 Å². The molecule has 2 nitrogen and oxygen atoms in total. The number of anilines is 3. The molecule has 1 unspecified atom stereocenters. The third kappa shape index (κ3) is 3.77. The van der Waals surface area contributed by atoms with Crippen molar-refractivity contribution >= 4 is 60.5 Å². The molecule has 9 rings (SSSR count). The van der Waals surface area contributed by atoms with Crippen LogP contribution in [0.15, 0.2) is 144 Å². The first-order valence-corrected chi connectivity index (χ1v) is 16.6. The molecule has 7 aromatic carbocycles. The Morgan fingerprint density at radius 2 is 1.24 bits per heavy atom. The summed E-state index contributed by atoms with van der Waals surface area (Å²) in [5.74, 6) is 0. The molecular weight excluding hydrogens is 558 g/mol. The molecule has 0 bridgehead atoms. The monoisotopic (exact) mass is 593 g/mol. The molecule has 1 aliphatic carbocycles. The van der Waals surface area contributed by atoms with Gasteiger partial charge in [0.05, 0.1) is 16.8 Å². The Bertz CT molecular complexity index is 2450. The summed E-state index contributed by atoms with van der Waals surface area (Å²) in [6.07, 6.45) is 3.33. The van der Waals surface area contributed by atoms with Gasteiger partial charge in [0.1, 0.15) is 11.2 Å². The quantitative estimate of drug-likeness (QED) is 0.178. The highest BCUT2D eigenvalue weighted by atomic mass is 16.3. The maximum absolute atomic E-state index is 6.45. The normalized spacial score (nSPS) is 15.5. The van der Waals surface area contributed by atoms with Crippen molar-refractivity contribution in [1.82, 2.24) is 0 Å². The van der Waals surface area contributed by atoms with E-state index in [1.807, 2.05) is 0 Å². The van der Waals surface area contributed by atoms with E-state index in [2.05, 4.69) is 158 Å². The van der Waals surface area contributed by atoms with Gasteiger partial charge in [0, 0.05) is 22.1 Å². The first kappa shape index (κ1) is 27.0. The molecule has 0 saturated carbocycles. The third-order valence-electron chi connectivity index (χ3n) is 10.4. The highest BCUT2D eigenvalue weighted by Gasteiger charge is 2.42. The standard InChI is InChI=1S/C44H35NO/c1-3-27-44(4-2)36-17-9-7-15-33(36)42-37(44)18-11-19-38(42)45(39-20-12-22-41-43(39)34-16-8-10-21-40(34)46-41)31-26-25-30-24-23-29-13-5-6-14-32(29)35(30)28-31/h5-26,28H,3-4,27H2,1-2H3. The number of hydrogen-bond donors (Lipinski definition) is 0. The van der Waals surface area contributed by atoms with E-state index >= 15 is 0 Å². The Balaban J connectivity index is 1.40. The minimum atomic E-state index is -0.00368. The maximum atomic E-state index is 6.45. The third-order valence-corrected chi connectivity index (χ3v) is 10.4. The highest BCUT2D eigenvalue weighted by molar-refractivity contribution is 6.15. The molecule has 1 atom stereocenters. The zero-order valence-electron chi connectivity index (χ0n) is 26.3. The zero-order valence-corrected chi connectivity index (χ0v) is 26.3. The number of furan rings is 1. The minimum absolute atomic E-state index is 0.00368. The smallest absolute Gasteiger partial charge is 0.137 e. The maximum Gasteiger partial charge on any atom is 0.137 e. The van der Waals surface area contributed by atoms with Crippen molar-refractivity contribution in [2.24, 2.45) is 0 Å². The van der Waals surface area contributed by atoms with Gasteiger partial charge in [-0.25, -0.2) is 0 Å². The fraction of sp³-hybridized carbons (Fsp3) is 0.136. The van der Waals surface area contributed by atoms with Gasteiger partial charge in [-0.1, -0.05) is 123 Å². The van der Waals surface area contributed by atoms with Crippen molar-refractivity contribution in [2.45, 2.75) is 38.5 Å². The van der Waals surface area contributed by atoms with Crippen LogP contribution < -0.4 is 4.90 Å². The van der Waals surface area contributed by atoms with Crippen molar-refractivity contribution in [3.05, 3.63) is 151 Å². The van der Waals surface area contributed by atoms with E-state index in [0.717, 1.165) is 52.6 Å². The van der Waals surface area contributed by atoms with Crippen molar-refractivity contribution < 1.29 is 4.42 Å². The van der Waals surface area contributed by atoms with Crippen molar-refractivity contribution in [2.75, 3.05) is 4.90 Å². The number of nitrogens with zero attached hydrogens (tertiary/aromatic N) is 1. The Hall–Kier alpha value is -5.34. The van der Waals surface area contributed by atoms with Gasteiger partial charge in [0.25, 0.3) is 0 Å². The molecule has 46 heavy (non-hydrogen) atoms. The Kier molecular flexibility index (Phi) is 6.08. The van der Waals surface area contributed by atoms with Gasteiger partial charge in [-0.2, -0.15) is 0 Å². The average Bonchev–Trinajstić information content (AvgIpc) is 3.63. The van der Waals surface area contributed by atoms with Crippen LogP contribution in [-0.4, -0.2) is 0 Å². The SMILES string of the molecule is CCCC1(CC)c2ccccc2-c2c(N(c3ccc4ccc5ccccc5c4c3)c3cccc4oc5ccccc5c34)cccc21. The molecule has 0 saturated heterocycles. The number of para-hydroxylation sites is 1. The molecule has 1 aliphatic rings. The predicted molar refractivity (Wildman–Crippen MR) is 195 cm³/mol. The van der Waals surface area contributed by atoms with Crippen molar-refractivity contribution in [3.63, 3.8) is 0 Å². The van der Waals surface area contributed by atoms with E-state index in [1.54, 1.807) is 0 Å². The molecule has 2 heteroatoms. The second-order valence-corrected chi connectivity index (χ2v) is 12.7. The Morgan fingerprint density at radius 3 is 2.11 bits per heavy atom. The van der Waals surface area contributed by atoms with E-state index in [4.69, 9.17) is 4.42 Å². The lowest BCUT2D eigenvalue weighted by Gasteiger charge is -2.32. The van der Waals surface area contributed by atoms with Crippen LogP contribution in [0.4, 0.5) is 17.1 Å². The molecule has 0 radical (unpaired) electrons. The Morgan fingerprint density at radius 1 is 0.565 bits per heavy atom. The largest absolute Gasteiger partial charge is 0.456 e. The van der Waals surface area contributed by atoms with Crippen LogP contribution in [0.1, 0.15) is 44.2 Å². The van der Waals surface area contributed by atoms with Crippen LogP contribution in [0.25, 0.3) is 54.6 Å². The summed E-state index contributed by atoms with van der Waals surface area (Å²) in [5.41, 5.74) is 10.9. The van der Waals surface area contributed by atoms with Gasteiger partial charge >= 0.3 is 0 Å². The molecular formula is C44H35NO. The zero-order chi connectivity index (χ0) is 30.8. The molecule has 222 valence electrons. The molecule has 0 fully saturated rings. The van der Waals surface area contributed by atoms with Gasteiger partial charge in [-0.05, 0) is 87.5 Å². The average molecular weight is 594 g/mol. The fourth-order valence-corrected chi connectivity index (χ4v) is 8.40. The summed E-state index contributed by atoms with van der Waals surface area (Å²) in [6.45, 7) is 4.68. The second kappa shape index (κ2) is 10.4. The fourth-order valence-electron chi connectivity index (χ4n) is 8.40. The summed E-state index contributed by atoms with van der Waals surface area (Å²) in [7, 11) is 0. The summed E-state index contributed by atoms with van der Waals surface area (Å²) < 4.78 is 6.45. The number of benzene rings is 7. The first-order valence-electron chi connectivity index (χ1n) is 16.6. The van der Waals surface area contributed by atoms with Crippen LogP contribution in [0.2, 0.25) is 0 Å². The minimum Gasteiger partial charge on any atom is -0.456 e. The molecule has 1 heterocycles. The number of fused-ring (bicyclic) bond motifs is 9. The van der Waals surface area contributed by atoms with Crippen LogP contribution in [0.3, 0.4) is 0 Å². The lowest BCUT2D eigenvalue weighted by atomic mass is 9.72. The van der Waals surface area contributed by atoms with Gasteiger partial charge in [0.15, 0.2) is 0 Å². The van der Waals surface area contributed by atoms with E-state index < -0.39 is 0 Å². The number of hydrogen-bond acceptors (Lipinski definition) is 2. The topological polar surface area (TPSA) is 16.4 Å². The summed E-state index contributed by atoms with van der Waals surface area (Å²) in [6, 6.07) is 51.2. The van der Waals surface area contributed by atoms with E-state index in [1.165, 1.54) is 49.5 Å². The van der Waals surface area contributed by atoms with Gasteiger partial charge in [-0.3, -0.25) is 0 Å². The van der Waals surface area contributed by atoms with E-state index in [9.17, 15) is 0 Å². The Labute approximate surface area is 269 Å². The lowest BCUT2D eigenvalue weighted by Crippen LogP contribution is -2.24. The molecule has 0 aliphatic heterocycles. The van der Waals surface area contributed by atoms with Crippen LogP contribution in [0, 0.1) is 0 Å². The van der Waals surface area contributed by atoms with Gasteiger partial charge < -0.3 is 9.32 Å². The molecule has 0 spiro atoms. The first-order chi connectivity index (χ1) is 22.7. The summed E-state index contributed by atoms with van der Waals surface area (Å²) >= 11 is 0.